The standard InChI is InChI=1S/C19H16F2N4O2/c1-27-17-5-3-2-4-12(17)11-23-19-22-9-8-16(25-19)18(26)24-13-6-7-14(20)15(21)10-13/h2-10H,11H2,1H3,(H,24,26)(H,22,23,25). The van der Waals surface area contributed by atoms with Crippen molar-refractivity contribution in [3.8, 4) is 5.75 Å². The van der Waals surface area contributed by atoms with Crippen molar-refractivity contribution < 1.29 is 18.3 Å². The molecule has 0 bridgehead atoms. The van der Waals surface area contributed by atoms with Gasteiger partial charge in [-0.05, 0) is 24.3 Å². The fourth-order valence-corrected chi connectivity index (χ4v) is 2.36. The van der Waals surface area contributed by atoms with Crippen LogP contribution in [0, 0.1) is 11.6 Å². The second-order valence-corrected chi connectivity index (χ2v) is 5.51. The third-order valence-corrected chi connectivity index (χ3v) is 3.70. The Morgan fingerprint density at radius 1 is 1.11 bits per heavy atom. The number of nitrogens with one attached hydrogen (secondary N) is 2. The van der Waals surface area contributed by atoms with Gasteiger partial charge >= 0.3 is 0 Å². The second kappa shape index (κ2) is 8.22. The van der Waals surface area contributed by atoms with Gasteiger partial charge in [0.05, 0.1) is 7.11 Å². The quantitative estimate of drug-likeness (QED) is 0.693. The minimum atomic E-state index is -1.05. The van der Waals surface area contributed by atoms with Gasteiger partial charge in [0.1, 0.15) is 11.4 Å². The smallest absolute Gasteiger partial charge is 0.274 e. The summed E-state index contributed by atoms with van der Waals surface area (Å²) in [5.74, 6) is -1.63. The van der Waals surface area contributed by atoms with Crippen LogP contribution in [0.3, 0.4) is 0 Å². The number of para-hydroxylation sites is 1. The Morgan fingerprint density at radius 3 is 2.70 bits per heavy atom. The largest absolute Gasteiger partial charge is 0.496 e. The van der Waals surface area contributed by atoms with E-state index in [0.29, 0.717) is 6.54 Å². The predicted molar refractivity (Wildman–Crippen MR) is 96.7 cm³/mol. The molecule has 0 fully saturated rings. The summed E-state index contributed by atoms with van der Waals surface area (Å²) >= 11 is 0. The molecule has 0 saturated carbocycles. The lowest BCUT2D eigenvalue weighted by Gasteiger charge is -2.10. The molecule has 1 heterocycles. The van der Waals surface area contributed by atoms with Crippen molar-refractivity contribution in [3.05, 3.63) is 77.6 Å². The zero-order chi connectivity index (χ0) is 19.2. The van der Waals surface area contributed by atoms with E-state index in [-0.39, 0.29) is 17.3 Å². The molecule has 0 aliphatic carbocycles. The normalized spacial score (nSPS) is 10.3. The first kappa shape index (κ1) is 18.2. The van der Waals surface area contributed by atoms with Gasteiger partial charge in [0, 0.05) is 30.1 Å². The summed E-state index contributed by atoms with van der Waals surface area (Å²) in [6.07, 6.45) is 1.43. The zero-order valence-corrected chi connectivity index (χ0v) is 14.4. The van der Waals surface area contributed by atoms with Crippen LogP contribution >= 0.6 is 0 Å². The number of rotatable bonds is 6. The lowest BCUT2D eigenvalue weighted by Crippen LogP contribution is -2.15. The molecule has 138 valence electrons. The van der Waals surface area contributed by atoms with E-state index in [2.05, 4.69) is 20.6 Å². The summed E-state index contributed by atoms with van der Waals surface area (Å²) in [5, 5.41) is 5.48. The number of hydrogen-bond acceptors (Lipinski definition) is 5. The van der Waals surface area contributed by atoms with Gasteiger partial charge in [0.2, 0.25) is 5.95 Å². The number of methoxy groups -OCH3 is 1. The topological polar surface area (TPSA) is 76.1 Å². The summed E-state index contributed by atoms with van der Waals surface area (Å²) in [6, 6.07) is 12.0. The van der Waals surface area contributed by atoms with E-state index in [0.717, 1.165) is 23.4 Å². The zero-order valence-electron chi connectivity index (χ0n) is 14.4. The van der Waals surface area contributed by atoms with Gasteiger partial charge in [-0.3, -0.25) is 4.79 Å². The van der Waals surface area contributed by atoms with Crippen molar-refractivity contribution in [1.82, 2.24) is 9.97 Å². The molecule has 8 heteroatoms. The number of benzene rings is 2. The molecule has 0 spiro atoms. The molecule has 3 aromatic rings. The van der Waals surface area contributed by atoms with Crippen LogP contribution in [0.1, 0.15) is 16.1 Å². The van der Waals surface area contributed by atoms with Gasteiger partial charge in [0.15, 0.2) is 11.6 Å². The van der Waals surface area contributed by atoms with Gasteiger partial charge in [-0.2, -0.15) is 0 Å². The highest BCUT2D eigenvalue weighted by Crippen LogP contribution is 2.18. The van der Waals surface area contributed by atoms with Crippen LogP contribution < -0.4 is 15.4 Å². The highest BCUT2D eigenvalue weighted by Gasteiger charge is 2.11. The molecule has 2 aromatic carbocycles. The van der Waals surface area contributed by atoms with E-state index in [1.807, 2.05) is 24.3 Å². The van der Waals surface area contributed by atoms with E-state index >= 15 is 0 Å². The van der Waals surface area contributed by atoms with Gasteiger partial charge in [-0.1, -0.05) is 18.2 Å². The molecular weight excluding hydrogens is 354 g/mol. The maximum Gasteiger partial charge on any atom is 0.274 e. The first-order valence-corrected chi connectivity index (χ1v) is 8.02. The SMILES string of the molecule is COc1ccccc1CNc1nccc(C(=O)Nc2ccc(F)c(F)c2)n1. The minimum absolute atomic E-state index is 0.0808. The fraction of sp³-hybridized carbons (Fsp3) is 0.105. The molecule has 27 heavy (non-hydrogen) atoms. The molecule has 0 atom stereocenters. The van der Waals surface area contributed by atoms with Crippen molar-refractivity contribution in [2.75, 3.05) is 17.7 Å². The third-order valence-electron chi connectivity index (χ3n) is 3.70. The van der Waals surface area contributed by atoms with Crippen molar-refractivity contribution in [1.29, 1.82) is 0 Å². The van der Waals surface area contributed by atoms with E-state index in [1.54, 1.807) is 7.11 Å². The van der Waals surface area contributed by atoms with E-state index < -0.39 is 17.5 Å². The number of carbonyl (C=O) groups excluding carboxylic acids is 1. The monoisotopic (exact) mass is 370 g/mol. The molecule has 6 nitrogen and oxygen atoms in total. The van der Waals surface area contributed by atoms with E-state index in [9.17, 15) is 13.6 Å². The van der Waals surface area contributed by atoms with Crippen LogP contribution in [0.2, 0.25) is 0 Å². The van der Waals surface area contributed by atoms with Crippen molar-refractivity contribution in [2.24, 2.45) is 0 Å². The molecule has 1 aromatic heterocycles. The van der Waals surface area contributed by atoms with Crippen molar-refractivity contribution >= 4 is 17.5 Å². The Hall–Kier alpha value is -3.55. The number of hydrogen-bond donors (Lipinski definition) is 2. The number of ether oxygens (including phenoxy) is 1. The Kier molecular flexibility index (Phi) is 5.55. The summed E-state index contributed by atoms with van der Waals surface area (Å²) in [6.45, 7) is 0.401. The third kappa shape index (κ3) is 4.55. The van der Waals surface area contributed by atoms with Gasteiger partial charge in [0.25, 0.3) is 5.91 Å². The Balaban J connectivity index is 1.69. The lowest BCUT2D eigenvalue weighted by atomic mass is 10.2. The van der Waals surface area contributed by atoms with E-state index in [1.165, 1.54) is 18.3 Å². The fourth-order valence-electron chi connectivity index (χ4n) is 2.36. The summed E-state index contributed by atoms with van der Waals surface area (Å²) in [5.41, 5.74) is 1.11. The first-order chi connectivity index (χ1) is 13.1. The number of aromatic nitrogens is 2. The predicted octanol–water partition coefficient (Wildman–Crippen LogP) is 3.63. The number of halogens is 2. The summed E-state index contributed by atoms with van der Waals surface area (Å²) in [7, 11) is 1.58. The number of amides is 1. The number of nitrogens with zero attached hydrogens (tertiary/aromatic N) is 2. The molecule has 0 aliphatic heterocycles. The van der Waals surface area contributed by atoms with Crippen LogP contribution in [0.25, 0.3) is 0 Å². The Morgan fingerprint density at radius 2 is 1.93 bits per heavy atom. The maximum atomic E-state index is 13.2. The molecule has 1 amide bonds. The average Bonchev–Trinajstić information content (AvgIpc) is 2.69. The number of anilines is 2. The molecule has 0 radical (unpaired) electrons. The van der Waals surface area contributed by atoms with E-state index in [4.69, 9.17) is 4.74 Å². The molecule has 2 N–H and O–H groups in total. The minimum Gasteiger partial charge on any atom is -0.496 e. The van der Waals surface area contributed by atoms with Crippen molar-refractivity contribution in [3.63, 3.8) is 0 Å². The lowest BCUT2D eigenvalue weighted by molar-refractivity contribution is 0.102. The molecule has 3 rings (SSSR count). The van der Waals surface area contributed by atoms with Gasteiger partial charge in [-0.15, -0.1) is 0 Å². The summed E-state index contributed by atoms with van der Waals surface area (Å²) in [4.78, 5) is 20.5. The van der Waals surface area contributed by atoms with Crippen LogP contribution in [-0.2, 0) is 6.54 Å². The molecule has 0 aliphatic rings. The molecular formula is C19H16F2N4O2. The highest BCUT2D eigenvalue weighted by molar-refractivity contribution is 6.02. The average molecular weight is 370 g/mol. The number of carbonyl (C=O) groups is 1. The van der Waals surface area contributed by atoms with Gasteiger partial charge < -0.3 is 15.4 Å². The van der Waals surface area contributed by atoms with Crippen LogP contribution in [0.5, 0.6) is 5.75 Å². The molecule has 0 unspecified atom stereocenters. The van der Waals surface area contributed by atoms with Crippen LogP contribution in [0.15, 0.2) is 54.7 Å². The Bertz CT molecular complexity index is 966. The second-order valence-electron chi connectivity index (χ2n) is 5.51. The summed E-state index contributed by atoms with van der Waals surface area (Å²) < 4.78 is 31.5. The first-order valence-electron chi connectivity index (χ1n) is 8.02. The Labute approximate surface area is 154 Å². The highest BCUT2D eigenvalue weighted by atomic mass is 19.2. The van der Waals surface area contributed by atoms with Gasteiger partial charge in [-0.25, -0.2) is 18.7 Å². The van der Waals surface area contributed by atoms with Crippen LogP contribution in [-0.4, -0.2) is 23.0 Å². The maximum absolute atomic E-state index is 13.2. The van der Waals surface area contributed by atoms with Crippen LogP contribution in [0.4, 0.5) is 20.4 Å². The molecule has 0 saturated heterocycles. The van der Waals surface area contributed by atoms with Crippen molar-refractivity contribution in [2.45, 2.75) is 6.54 Å².